The molecule has 4 nitrogen and oxygen atoms in total. The maximum Gasteiger partial charge on any atom is 0.242 e. The number of benzene rings is 2. The van der Waals surface area contributed by atoms with Crippen LogP contribution in [0.1, 0.15) is 24.5 Å². The lowest BCUT2D eigenvalue weighted by molar-refractivity contribution is -0.139. The molecule has 29 heavy (non-hydrogen) atoms. The maximum absolute atomic E-state index is 13.1. The Labute approximate surface area is 190 Å². The predicted molar refractivity (Wildman–Crippen MR) is 123 cm³/mol. The summed E-state index contributed by atoms with van der Waals surface area (Å²) >= 11 is 20.2. The van der Waals surface area contributed by atoms with E-state index < -0.39 is 6.04 Å². The molecule has 0 heterocycles. The summed E-state index contributed by atoms with van der Waals surface area (Å²) in [7, 11) is 1.56. The van der Waals surface area contributed by atoms with Crippen molar-refractivity contribution in [1.82, 2.24) is 10.2 Å². The molecule has 0 spiro atoms. The molecule has 2 amide bonds. The fourth-order valence-electron chi connectivity index (χ4n) is 2.89. The van der Waals surface area contributed by atoms with E-state index in [2.05, 4.69) is 5.32 Å². The number of thioether (sulfide) groups is 1. The fourth-order valence-corrected chi connectivity index (χ4v) is 4.60. The van der Waals surface area contributed by atoms with Gasteiger partial charge in [0.2, 0.25) is 11.8 Å². The van der Waals surface area contributed by atoms with Crippen LogP contribution in [-0.2, 0) is 21.9 Å². The molecule has 0 bridgehead atoms. The van der Waals surface area contributed by atoms with Crippen LogP contribution >= 0.6 is 46.6 Å². The lowest BCUT2D eigenvalue weighted by Gasteiger charge is -2.30. The van der Waals surface area contributed by atoms with Gasteiger partial charge in [-0.25, -0.2) is 0 Å². The number of nitrogens with zero attached hydrogens (tertiary/aromatic N) is 1. The molecule has 2 aromatic carbocycles. The molecule has 0 fully saturated rings. The number of carbonyl (C=O) groups excluding carboxylic acids is 2. The summed E-state index contributed by atoms with van der Waals surface area (Å²) in [5.41, 5.74) is 1.59. The smallest absolute Gasteiger partial charge is 0.242 e. The van der Waals surface area contributed by atoms with E-state index in [0.29, 0.717) is 32.8 Å². The van der Waals surface area contributed by atoms with Crippen molar-refractivity contribution < 1.29 is 9.59 Å². The second-order valence-corrected chi connectivity index (χ2v) is 8.55. The zero-order valence-corrected chi connectivity index (χ0v) is 19.3. The van der Waals surface area contributed by atoms with Gasteiger partial charge in [0.1, 0.15) is 6.04 Å². The second kappa shape index (κ2) is 11.7. The number of carbonyl (C=O) groups is 2. The Balaban J connectivity index is 2.18. The largest absolute Gasteiger partial charge is 0.357 e. The summed E-state index contributed by atoms with van der Waals surface area (Å²) in [5, 5.41) is 4.23. The lowest BCUT2D eigenvalue weighted by Crippen LogP contribution is -2.48. The van der Waals surface area contributed by atoms with Crippen molar-refractivity contribution in [2.75, 3.05) is 12.8 Å². The van der Waals surface area contributed by atoms with Crippen LogP contribution in [0, 0.1) is 0 Å². The molecule has 0 saturated carbocycles. The molecular formula is C21H23Cl3N2O2S. The van der Waals surface area contributed by atoms with Crippen molar-refractivity contribution in [3.8, 4) is 0 Å². The summed E-state index contributed by atoms with van der Waals surface area (Å²) in [4.78, 5) is 27.0. The highest BCUT2D eigenvalue weighted by atomic mass is 35.5. The van der Waals surface area contributed by atoms with Crippen LogP contribution in [0.3, 0.4) is 0 Å². The summed E-state index contributed by atoms with van der Waals surface area (Å²) in [6.45, 7) is 2.03. The Bertz CT molecular complexity index is 843. The highest BCUT2D eigenvalue weighted by Crippen LogP contribution is 2.28. The van der Waals surface area contributed by atoms with Gasteiger partial charge in [-0.2, -0.15) is 0 Å². The van der Waals surface area contributed by atoms with Crippen LogP contribution in [0.2, 0.25) is 15.1 Å². The van der Waals surface area contributed by atoms with Crippen LogP contribution in [0.15, 0.2) is 42.5 Å². The van der Waals surface area contributed by atoms with Gasteiger partial charge in [-0.3, -0.25) is 9.59 Å². The fraction of sp³-hybridized carbons (Fsp3) is 0.333. The molecule has 0 aromatic heterocycles. The van der Waals surface area contributed by atoms with Gasteiger partial charge in [0, 0.05) is 40.0 Å². The Kier molecular flexibility index (Phi) is 9.63. The molecule has 156 valence electrons. The van der Waals surface area contributed by atoms with Gasteiger partial charge in [0.05, 0.1) is 5.75 Å². The highest BCUT2D eigenvalue weighted by Gasteiger charge is 2.29. The van der Waals surface area contributed by atoms with Gasteiger partial charge in [0.25, 0.3) is 0 Å². The third-order valence-electron chi connectivity index (χ3n) is 4.46. The zero-order chi connectivity index (χ0) is 21.4. The maximum atomic E-state index is 13.1. The minimum absolute atomic E-state index is 0.159. The molecule has 8 heteroatoms. The van der Waals surface area contributed by atoms with Gasteiger partial charge in [-0.1, -0.05) is 66.0 Å². The standard InChI is InChI=1S/C21H23Cl3N2O2S/c1-3-19(21(28)25-2)26(11-15-17(23)9-6-10-18(15)24)20(27)13-29-12-14-7-4-5-8-16(14)22/h4-10,19H,3,11-13H2,1-2H3,(H,25,28). The first-order chi connectivity index (χ1) is 13.9. The van der Waals surface area contributed by atoms with Crippen molar-refractivity contribution in [2.45, 2.75) is 31.7 Å². The molecule has 1 atom stereocenters. The molecule has 0 aliphatic rings. The molecule has 0 aliphatic heterocycles. The number of hydrogen-bond acceptors (Lipinski definition) is 3. The Morgan fingerprint density at radius 3 is 2.24 bits per heavy atom. The van der Waals surface area contributed by atoms with Gasteiger partial charge in [0.15, 0.2) is 0 Å². The molecule has 0 aliphatic carbocycles. The third-order valence-corrected chi connectivity index (χ3v) is 6.51. The quantitative estimate of drug-likeness (QED) is 0.528. The number of halogens is 3. The minimum atomic E-state index is -0.610. The first kappa shape index (κ1) is 23.9. The van der Waals surface area contributed by atoms with E-state index in [1.807, 2.05) is 31.2 Å². The van der Waals surface area contributed by atoms with Crippen LogP contribution in [0.4, 0.5) is 0 Å². The van der Waals surface area contributed by atoms with E-state index in [4.69, 9.17) is 34.8 Å². The molecular weight excluding hydrogens is 451 g/mol. The van der Waals surface area contributed by atoms with Crippen LogP contribution in [0.5, 0.6) is 0 Å². The van der Waals surface area contributed by atoms with Gasteiger partial charge < -0.3 is 10.2 Å². The number of nitrogens with one attached hydrogen (secondary N) is 1. The third kappa shape index (κ3) is 6.54. The van der Waals surface area contributed by atoms with E-state index in [9.17, 15) is 9.59 Å². The van der Waals surface area contributed by atoms with Crippen molar-refractivity contribution in [1.29, 1.82) is 0 Å². The Hall–Kier alpha value is -1.40. The topological polar surface area (TPSA) is 49.4 Å². The van der Waals surface area contributed by atoms with E-state index in [1.165, 1.54) is 11.8 Å². The van der Waals surface area contributed by atoms with Crippen molar-refractivity contribution in [3.63, 3.8) is 0 Å². The second-order valence-electron chi connectivity index (χ2n) is 6.34. The van der Waals surface area contributed by atoms with E-state index in [-0.39, 0.29) is 24.1 Å². The summed E-state index contributed by atoms with van der Waals surface area (Å²) < 4.78 is 0. The summed E-state index contributed by atoms with van der Waals surface area (Å²) in [5.74, 6) is 0.428. The number of rotatable bonds is 9. The van der Waals surface area contributed by atoms with Gasteiger partial charge in [-0.05, 0) is 30.2 Å². The van der Waals surface area contributed by atoms with E-state index in [0.717, 1.165) is 5.56 Å². The lowest BCUT2D eigenvalue weighted by atomic mass is 10.1. The monoisotopic (exact) mass is 472 g/mol. The zero-order valence-electron chi connectivity index (χ0n) is 16.3. The predicted octanol–water partition coefficient (Wildman–Crippen LogP) is 5.43. The number of likely N-dealkylation sites (N-methyl/N-ethyl adjacent to an activating group) is 1. The molecule has 1 unspecified atom stereocenters. The SMILES string of the molecule is CCC(C(=O)NC)N(Cc1c(Cl)cccc1Cl)C(=O)CSCc1ccccc1Cl. The summed E-state index contributed by atoms with van der Waals surface area (Å²) in [6, 6.07) is 12.1. The molecule has 2 rings (SSSR count). The molecule has 0 saturated heterocycles. The normalized spacial score (nSPS) is 11.8. The molecule has 0 radical (unpaired) electrons. The van der Waals surface area contributed by atoms with Gasteiger partial charge >= 0.3 is 0 Å². The van der Waals surface area contributed by atoms with Crippen LogP contribution < -0.4 is 5.32 Å². The number of hydrogen-bond donors (Lipinski definition) is 1. The van der Waals surface area contributed by atoms with Gasteiger partial charge in [-0.15, -0.1) is 11.8 Å². The Morgan fingerprint density at radius 1 is 1.03 bits per heavy atom. The van der Waals surface area contributed by atoms with Crippen LogP contribution in [0.25, 0.3) is 0 Å². The Morgan fingerprint density at radius 2 is 1.66 bits per heavy atom. The van der Waals surface area contributed by atoms with Crippen LogP contribution in [-0.4, -0.2) is 35.6 Å². The average Bonchev–Trinajstić information content (AvgIpc) is 2.71. The van der Waals surface area contributed by atoms with E-state index in [1.54, 1.807) is 30.1 Å². The summed E-state index contributed by atoms with van der Waals surface area (Å²) in [6.07, 6.45) is 0.475. The number of amides is 2. The highest BCUT2D eigenvalue weighted by molar-refractivity contribution is 7.99. The first-order valence-corrected chi connectivity index (χ1v) is 11.4. The average molecular weight is 474 g/mol. The van der Waals surface area contributed by atoms with Crippen molar-refractivity contribution in [3.05, 3.63) is 68.7 Å². The molecule has 1 N–H and O–H groups in total. The van der Waals surface area contributed by atoms with Crippen molar-refractivity contribution in [2.24, 2.45) is 0 Å². The van der Waals surface area contributed by atoms with E-state index >= 15 is 0 Å². The first-order valence-electron chi connectivity index (χ1n) is 9.14. The molecule has 2 aromatic rings. The minimum Gasteiger partial charge on any atom is -0.357 e. The van der Waals surface area contributed by atoms with Crippen molar-refractivity contribution >= 4 is 58.4 Å².